The Bertz CT molecular complexity index is 475. The third-order valence-corrected chi connectivity index (χ3v) is 2.48. The zero-order valence-corrected chi connectivity index (χ0v) is 8.13. The molecule has 1 aromatic carbocycles. The Kier molecular flexibility index (Phi) is 1.84. The smallest absolute Gasteiger partial charge is 0.335 e. The Morgan fingerprint density at radius 3 is 2.92 bits per heavy atom. The molecule has 0 bridgehead atoms. The lowest BCUT2D eigenvalue weighted by atomic mass is 10.1. The molecule has 2 N–H and O–H groups in total. The molecule has 0 radical (unpaired) electrons. The van der Waals surface area contributed by atoms with Crippen LogP contribution in [0.5, 0.6) is 0 Å². The monoisotopic (exact) mass is 239 g/mol. The second kappa shape index (κ2) is 2.88. The van der Waals surface area contributed by atoms with E-state index in [0.29, 0.717) is 5.56 Å². The average molecular weight is 240 g/mol. The molecule has 13 heavy (non-hydrogen) atoms. The summed E-state index contributed by atoms with van der Waals surface area (Å²) in [6, 6.07) is 5.06. The fourth-order valence-corrected chi connectivity index (χ4v) is 1.84. The minimum atomic E-state index is -0.913. The number of aromatic nitrogens is 1. The number of carboxylic acid groups (broad SMARTS) is 1. The van der Waals surface area contributed by atoms with Crippen molar-refractivity contribution >= 4 is 32.8 Å². The number of hydrogen-bond acceptors (Lipinski definition) is 1. The van der Waals surface area contributed by atoms with E-state index < -0.39 is 5.97 Å². The summed E-state index contributed by atoms with van der Waals surface area (Å²) in [5, 5.41) is 9.67. The van der Waals surface area contributed by atoms with Gasteiger partial charge in [0.15, 0.2) is 0 Å². The predicted molar refractivity (Wildman–Crippen MR) is 53.0 cm³/mol. The molecule has 0 amide bonds. The summed E-state index contributed by atoms with van der Waals surface area (Å²) >= 11 is 3.30. The molecule has 0 aliphatic rings. The molecule has 0 fully saturated rings. The summed E-state index contributed by atoms with van der Waals surface area (Å²) in [6.07, 6.45) is 1.78. The second-order valence-electron chi connectivity index (χ2n) is 2.71. The number of aromatic amines is 1. The maximum atomic E-state index is 10.7. The molecule has 0 saturated heterocycles. The maximum absolute atomic E-state index is 10.7. The Hall–Kier alpha value is -1.29. The molecule has 1 heterocycles. The average Bonchev–Trinajstić information content (AvgIpc) is 2.51. The number of halogens is 1. The Balaban J connectivity index is 2.77. The fourth-order valence-electron chi connectivity index (χ4n) is 1.25. The number of aromatic carboxylic acids is 1. The van der Waals surface area contributed by atoms with Crippen LogP contribution in [-0.2, 0) is 0 Å². The second-order valence-corrected chi connectivity index (χ2v) is 3.56. The van der Waals surface area contributed by atoms with Crippen LogP contribution in [0.3, 0.4) is 0 Å². The van der Waals surface area contributed by atoms with Gasteiger partial charge in [-0.05, 0) is 34.1 Å². The lowest BCUT2D eigenvalue weighted by Crippen LogP contribution is -1.95. The van der Waals surface area contributed by atoms with E-state index in [-0.39, 0.29) is 0 Å². The molecule has 0 unspecified atom stereocenters. The molecule has 66 valence electrons. The van der Waals surface area contributed by atoms with Crippen LogP contribution in [0.25, 0.3) is 10.9 Å². The van der Waals surface area contributed by atoms with Crippen LogP contribution in [0.15, 0.2) is 28.9 Å². The maximum Gasteiger partial charge on any atom is 0.335 e. The number of H-pyrrole nitrogens is 1. The Labute approximate surface area is 82.5 Å². The van der Waals surface area contributed by atoms with Crippen molar-refractivity contribution in [1.82, 2.24) is 4.98 Å². The van der Waals surface area contributed by atoms with Gasteiger partial charge in [-0.15, -0.1) is 0 Å². The molecule has 0 spiro atoms. The third-order valence-electron chi connectivity index (χ3n) is 1.86. The first-order valence-corrected chi connectivity index (χ1v) is 4.48. The zero-order valence-electron chi connectivity index (χ0n) is 6.54. The number of nitrogens with one attached hydrogen (secondary N) is 1. The number of carboxylic acids is 1. The molecular formula is C9H6BrNO2. The van der Waals surface area contributed by atoms with E-state index in [1.165, 1.54) is 0 Å². The van der Waals surface area contributed by atoms with Crippen LogP contribution < -0.4 is 0 Å². The van der Waals surface area contributed by atoms with Crippen molar-refractivity contribution in [3.63, 3.8) is 0 Å². The summed E-state index contributed by atoms with van der Waals surface area (Å²) in [7, 11) is 0. The molecule has 2 aromatic rings. The molecule has 1 aromatic heterocycles. The van der Waals surface area contributed by atoms with Crippen LogP contribution in [0.4, 0.5) is 0 Å². The fraction of sp³-hybridized carbons (Fsp3) is 0. The summed E-state index contributed by atoms with van der Waals surface area (Å²) < 4.78 is 0.771. The van der Waals surface area contributed by atoms with Crippen molar-refractivity contribution in [2.45, 2.75) is 0 Å². The van der Waals surface area contributed by atoms with Crippen LogP contribution in [-0.4, -0.2) is 16.1 Å². The number of carbonyl (C=O) groups is 1. The van der Waals surface area contributed by atoms with Gasteiger partial charge in [0.2, 0.25) is 0 Å². The van der Waals surface area contributed by atoms with E-state index in [0.717, 1.165) is 15.4 Å². The SMILES string of the molecule is O=C(O)c1cc(Br)c2[nH]ccc2c1. The molecule has 0 aliphatic heterocycles. The molecule has 4 heteroatoms. The summed E-state index contributed by atoms with van der Waals surface area (Å²) in [4.78, 5) is 13.7. The summed E-state index contributed by atoms with van der Waals surface area (Å²) in [5.74, 6) is -0.913. The van der Waals surface area contributed by atoms with Crippen molar-refractivity contribution < 1.29 is 9.90 Å². The molecule has 3 nitrogen and oxygen atoms in total. The topological polar surface area (TPSA) is 53.1 Å². The minimum Gasteiger partial charge on any atom is -0.478 e. The first kappa shape index (κ1) is 8.31. The van der Waals surface area contributed by atoms with E-state index in [2.05, 4.69) is 20.9 Å². The quantitative estimate of drug-likeness (QED) is 0.804. The summed E-state index contributed by atoms with van der Waals surface area (Å²) in [6.45, 7) is 0. The third kappa shape index (κ3) is 1.33. The molecule has 0 saturated carbocycles. The van der Waals surface area contributed by atoms with Gasteiger partial charge in [0.1, 0.15) is 0 Å². The van der Waals surface area contributed by atoms with E-state index in [4.69, 9.17) is 5.11 Å². The first-order valence-electron chi connectivity index (χ1n) is 3.68. The Morgan fingerprint density at radius 2 is 2.23 bits per heavy atom. The standard InChI is InChI=1S/C9H6BrNO2/c10-7-4-6(9(12)13)3-5-1-2-11-8(5)7/h1-4,11H,(H,12,13). The highest BCUT2D eigenvalue weighted by Gasteiger charge is 2.07. The van der Waals surface area contributed by atoms with Crippen molar-refractivity contribution in [1.29, 1.82) is 0 Å². The van der Waals surface area contributed by atoms with Gasteiger partial charge < -0.3 is 10.1 Å². The summed E-state index contributed by atoms with van der Waals surface area (Å²) in [5.41, 5.74) is 1.21. The Morgan fingerprint density at radius 1 is 1.46 bits per heavy atom. The van der Waals surface area contributed by atoms with E-state index in [9.17, 15) is 4.79 Å². The molecule has 0 atom stereocenters. The minimum absolute atomic E-state index is 0.291. The van der Waals surface area contributed by atoms with Gasteiger partial charge in [0.25, 0.3) is 0 Å². The van der Waals surface area contributed by atoms with E-state index >= 15 is 0 Å². The van der Waals surface area contributed by atoms with Gasteiger partial charge in [-0.3, -0.25) is 0 Å². The lowest BCUT2D eigenvalue weighted by molar-refractivity contribution is 0.0697. The van der Waals surface area contributed by atoms with Crippen LogP contribution in [0, 0.1) is 0 Å². The highest BCUT2D eigenvalue weighted by Crippen LogP contribution is 2.24. The number of fused-ring (bicyclic) bond motifs is 1. The van der Waals surface area contributed by atoms with Gasteiger partial charge in [0.05, 0.1) is 11.1 Å². The molecule has 2 rings (SSSR count). The van der Waals surface area contributed by atoms with Crippen molar-refractivity contribution in [2.24, 2.45) is 0 Å². The van der Waals surface area contributed by atoms with Gasteiger partial charge in [-0.25, -0.2) is 4.79 Å². The van der Waals surface area contributed by atoms with Crippen molar-refractivity contribution in [3.05, 3.63) is 34.4 Å². The molecular weight excluding hydrogens is 234 g/mol. The normalized spacial score (nSPS) is 10.5. The van der Waals surface area contributed by atoms with E-state index in [1.807, 2.05) is 6.07 Å². The molecule has 0 aliphatic carbocycles. The lowest BCUT2D eigenvalue weighted by Gasteiger charge is -1.97. The van der Waals surface area contributed by atoms with Crippen molar-refractivity contribution in [2.75, 3.05) is 0 Å². The number of hydrogen-bond donors (Lipinski definition) is 2. The van der Waals surface area contributed by atoms with Crippen molar-refractivity contribution in [3.8, 4) is 0 Å². The van der Waals surface area contributed by atoms with Gasteiger partial charge >= 0.3 is 5.97 Å². The number of benzene rings is 1. The first-order chi connectivity index (χ1) is 6.18. The van der Waals surface area contributed by atoms with Gasteiger partial charge in [0, 0.05) is 16.1 Å². The van der Waals surface area contributed by atoms with Gasteiger partial charge in [-0.1, -0.05) is 0 Å². The number of rotatable bonds is 1. The highest BCUT2D eigenvalue weighted by atomic mass is 79.9. The highest BCUT2D eigenvalue weighted by molar-refractivity contribution is 9.10. The van der Waals surface area contributed by atoms with Crippen LogP contribution >= 0.6 is 15.9 Å². The zero-order chi connectivity index (χ0) is 9.42. The van der Waals surface area contributed by atoms with E-state index in [1.54, 1.807) is 18.3 Å². The van der Waals surface area contributed by atoms with Gasteiger partial charge in [-0.2, -0.15) is 0 Å². The van der Waals surface area contributed by atoms with Crippen LogP contribution in [0.2, 0.25) is 0 Å². The predicted octanol–water partition coefficient (Wildman–Crippen LogP) is 2.63. The largest absolute Gasteiger partial charge is 0.478 e. The van der Waals surface area contributed by atoms with Crippen LogP contribution in [0.1, 0.15) is 10.4 Å².